The first-order valence-corrected chi connectivity index (χ1v) is 11.1. The predicted octanol–water partition coefficient (Wildman–Crippen LogP) is 5.44. The Kier molecular flexibility index (Phi) is 5.01. The van der Waals surface area contributed by atoms with Crippen LogP contribution in [-0.4, -0.2) is 16.6 Å². The number of fused-ring (bicyclic) bond motifs is 1. The number of benzene rings is 2. The number of rotatable bonds is 7. The molecule has 6 heteroatoms. The van der Waals surface area contributed by atoms with Crippen LogP contribution in [0.25, 0.3) is 22.0 Å². The Labute approximate surface area is 179 Å². The number of hydrogen-bond acceptors (Lipinski definition) is 4. The average molecular weight is 418 g/mol. The van der Waals surface area contributed by atoms with Gasteiger partial charge in [-0.2, -0.15) is 0 Å². The van der Waals surface area contributed by atoms with Crippen LogP contribution in [-0.2, 0) is 6.54 Å². The highest BCUT2D eigenvalue weighted by Crippen LogP contribution is 2.38. The Morgan fingerprint density at radius 1 is 1.17 bits per heavy atom. The smallest absolute Gasteiger partial charge is 0.253 e. The van der Waals surface area contributed by atoms with Crippen molar-refractivity contribution in [2.24, 2.45) is 5.92 Å². The number of furan rings is 1. The number of nitrogens with two attached hydrogens (primary N) is 1. The van der Waals surface area contributed by atoms with Gasteiger partial charge in [0.15, 0.2) is 0 Å². The van der Waals surface area contributed by atoms with E-state index in [1.165, 1.54) is 12.8 Å². The Balaban J connectivity index is 1.41. The van der Waals surface area contributed by atoms with Gasteiger partial charge in [-0.25, -0.2) is 0 Å². The second-order valence-electron chi connectivity index (χ2n) is 7.73. The summed E-state index contributed by atoms with van der Waals surface area (Å²) < 4.78 is 5.29. The van der Waals surface area contributed by atoms with Crippen molar-refractivity contribution in [1.82, 2.24) is 10.3 Å². The molecule has 1 amide bonds. The van der Waals surface area contributed by atoms with Gasteiger partial charge >= 0.3 is 0 Å². The van der Waals surface area contributed by atoms with Crippen molar-refractivity contribution in [3.63, 3.8) is 0 Å². The molecule has 1 aliphatic rings. The maximum Gasteiger partial charge on any atom is 0.253 e. The van der Waals surface area contributed by atoms with Gasteiger partial charge in [-0.15, -0.1) is 11.8 Å². The lowest BCUT2D eigenvalue weighted by molar-refractivity contribution is 0.0949. The third-order valence-corrected chi connectivity index (χ3v) is 6.75. The second kappa shape index (κ2) is 7.95. The lowest BCUT2D eigenvalue weighted by atomic mass is 10.0. The first-order chi connectivity index (χ1) is 14.7. The number of anilines is 1. The van der Waals surface area contributed by atoms with Gasteiger partial charge < -0.3 is 20.5 Å². The van der Waals surface area contributed by atoms with Crippen LogP contribution in [0.15, 0.2) is 70.3 Å². The van der Waals surface area contributed by atoms with Gasteiger partial charge in [0.2, 0.25) is 0 Å². The average Bonchev–Trinajstić information content (AvgIpc) is 3.26. The third-order valence-electron chi connectivity index (χ3n) is 5.45. The van der Waals surface area contributed by atoms with Crippen LogP contribution in [0.1, 0.15) is 29.0 Å². The number of carbonyl (C=O) groups is 1. The Hall–Kier alpha value is -3.12. The molecule has 0 atom stereocenters. The number of amides is 1. The van der Waals surface area contributed by atoms with Crippen LogP contribution in [0.4, 0.5) is 5.69 Å². The Morgan fingerprint density at radius 2 is 2.00 bits per heavy atom. The van der Waals surface area contributed by atoms with Crippen LogP contribution in [0.5, 0.6) is 0 Å². The monoisotopic (exact) mass is 417 g/mol. The summed E-state index contributed by atoms with van der Waals surface area (Å²) in [6.45, 7) is 0.359. The number of carbonyl (C=O) groups excluding carboxylic acids is 1. The molecule has 2 aromatic carbocycles. The zero-order chi connectivity index (χ0) is 20.5. The molecule has 4 aromatic rings. The number of H-pyrrole nitrogens is 1. The molecule has 0 radical (unpaired) electrons. The molecule has 0 aliphatic heterocycles. The van der Waals surface area contributed by atoms with Crippen molar-refractivity contribution in [3.8, 4) is 11.1 Å². The molecule has 0 unspecified atom stereocenters. The standard InChI is InChI=1S/C24H23N3O2S/c25-21-7-5-17(11-23(21)30-14-15-3-4-15)16-6-8-22-19(10-16)20(13-26-22)24(28)27-12-18-2-1-9-29-18/h1-2,5-11,13,15,26H,3-4,12,14,25H2,(H,27,28). The number of nitrogen functional groups attached to an aromatic ring is 1. The van der Waals surface area contributed by atoms with Crippen molar-refractivity contribution in [3.05, 3.63) is 72.3 Å². The van der Waals surface area contributed by atoms with Gasteiger partial charge in [-0.1, -0.05) is 12.1 Å². The minimum atomic E-state index is -0.132. The maximum absolute atomic E-state index is 12.7. The van der Waals surface area contributed by atoms with Crippen LogP contribution in [0.2, 0.25) is 0 Å². The zero-order valence-corrected chi connectivity index (χ0v) is 17.3. The first-order valence-electron chi connectivity index (χ1n) is 10.1. The summed E-state index contributed by atoms with van der Waals surface area (Å²) in [5.74, 6) is 2.57. The van der Waals surface area contributed by atoms with Crippen LogP contribution in [0.3, 0.4) is 0 Å². The molecule has 0 saturated heterocycles. The minimum absolute atomic E-state index is 0.132. The van der Waals surface area contributed by atoms with E-state index in [0.29, 0.717) is 12.1 Å². The molecule has 4 N–H and O–H groups in total. The Bertz CT molecular complexity index is 1190. The normalized spacial score (nSPS) is 13.6. The molecule has 1 aliphatic carbocycles. The lowest BCUT2D eigenvalue weighted by Crippen LogP contribution is -2.22. The molecule has 1 fully saturated rings. The van der Waals surface area contributed by atoms with E-state index >= 15 is 0 Å². The number of nitrogens with one attached hydrogen (secondary N) is 2. The molecular formula is C24H23N3O2S. The van der Waals surface area contributed by atoms with Gasteiger partial charge in [0.1, 0.15) is 5.76 Å². The summed E-state index contributed by atoms with van der Waals surface area (Å²) >= 11 is 1.84. The highest BCUT2D eigenvalue weighted by molar-refractivity contribution is 7.99. The highest BCUT2D eigenvalue weighted by atomic mass is 32.2. The van der Waals surface area contributed by atoms with E-state index in [4.69, 9.17) is 10.2 Å². The second-order valence-corrected chi connectivity index (χ2v) is 8.79. The lowest BCUT2D eigenvalue weighted by Gasteiger charge is -2.09. The van der Waals surface area contributed by atoms with E-state index in [9.17, 15) is 4.79 Å². The fourth-order valence-corrected chi connectivity index (χ4v) is 4.69. The van der Waals surface area contributed by atoms with Crippen molar-refractivity contribution in [2.45, 2.75) is 24.3 Å². The van der Waals surface area contributed by atoms with Crippen LogP contribution >= 0.6 is 11.8 Å². The van der Waals surface area contributed by atoms with Gasteiger partial charge in [-0.05, 0) is 66.3 Å². The molecule has 1 saturated carbocycles. The van der Waals surface area contributed by atoms with E-state index in [1.54, 1.807) is 12.5 Å². The largest absolute Gasteiger partial charge is 0.467 e. The maximum atomic E-state index is 12.7. The van der Waals surface area contributed by atoms with Crippen molar-refractivity contribution in [1.29, 1.82) is 0 Å². The van der Waals surface area contributed by atoms with Gasteiger partial charge in [0, 0.05) is 33.4 Å². The van der Waals surface area contributed by atoms with Gasteiger partial charge in [0.05, 0.1) is 18.4 Å². The minimum Gasteiger partial charge on any atom is -0.467 e. The molecular weight excluding hydrogens is 394 g/mol. The SMILES string of the molecule is Nc1ccc(-c2ccc3[nH]cc(C(=O)NCc4ccco4)c3c2)cc1SCC1CC1. The molecule has 0 bridgehead atoms. The summed E-state index contributed by atoms with van der Waals surface area (Å²) in [6.07, 6.45) is 6.03. The topological polar surface area (TPSA) is 84.0 Å². The first kappa shape index (κ1) is 18.9. The van der Waals surface area contributed by atoms with Crippen molar-refractivity contribution >= 4 is 34.3 Å². The quantitative estimate of drug-likeness (QED) is 0.276. The zero-order valence-electron chi connectivity index (χ0n) is 16.5. The summed E-state index contributed by atoms with van der Waals surface area (Å²) in [4.78, 5) is 17.0. The fraction of sp³-hybridized carbons (Fsp3) is 0.208. The molecule has 2 aromatic heterocycles. The van der Waals surface area contributed by atoms with E-state index in [-0.39, 0.29) is 5.91 Å². The molecule has 5 rings (SSSR count). The number of aromatic nitrogens is 1. The van der Waals surface area contributed by atoms with E-state index < -0.39 is 0 Å². The predicted molar refractivity (Wildman–Crippen MR) is 121 cm³/mol. The number of aromatic amines is 1. The summed E-state index contributed by atoms with van der Waals surface area (Å²) in [7, 11) is 0. The Morgan fingerprint density at radius 3 is 2.80 bits per heavy atom. The van der Waals surface area contributed by atoms with E-state index in [1.807, 2.05) is 42.1 Å². The summed E-state index contributed by atoms with van der Waals surface area (Å²) in [6, 6.07) is 16.0. The van der Waals surface area contributed by atoms with Crippen LogP contribution < -0.4 is 11.1 Å². The number of thioether (sulfide) groups is 1. The fourth-order valence-electron chi connectivity index (χ4n) is 3.49. The third kappa shape index (κ3) is 3.96. The molecule has 0 spiro atoms. The summed E-state index contributed by atoms with van der Waals surface area (Å²) in [5.41, 5.74) is 10.7. The van der Waals surface area contributed by atoms with E-state index in [2.05, 4.69) is 28.5 Å². The summed E-state index contributed by atoms with van der Waals surface area (Å²) in [5, 5.41) is 3.81. The molecule has 2 heterocycles. The highest BCUT2D eigenvalue weighted by Gasteiger charge is 2.21. The molecule has 152 valence electrons. The van der Waals surface area contributed by atoms with Gasteiger partial charge in [-0.3, -0.25) is 4.79 Å². The number of hydrogen-bond donors (Lipinski definition) is 3. The van der Waals surface area contributed by atoms with Crippen molar-refractivity contribution < 1.29 is 9.21 Å². The molecule has 30 heavy (non-hydrogen) atoms. The van der Waals surface area contributed by atoms with Gasteiger partial charge in [0.25, 0.3) is 5.91 Å². The van der Waals surface area contributed by atoms with E-state index in [0.717, 1.165) is 50.0 Å². The van der Waals surface area contributed by atoms with Crippen LogP contribution in [0, 0.1) is 5.92 Å². The molecule has 5 nitrogen and oxygen atoms in total. The van der Waals surface area contributed by atoms with Crippen molar-refractivity contribution in [2.75, 3.05) is 11.5 Å².